The van der Waals surface area contributed by atoms with Crippen LogP contribution in [0.5, 0.6) is 0 Å². The van der Waals surface area contributed by atoms with Gasteiger partial charge in [0, 0.05) is 11.1 Å². The average Bonchev–Trinajstić information content (AvgIpc) is 2.63. The summed E-state index contributed by atoms with van der Waals surface area (Å²) in [6.07, 6.45) is 10.7. The van der Waals surface area contributed by atoms with Crippen LogP contribution in [0, 0.1) is 10.8 Å². The van der Waals surface area contributed by atoms with Gasteiger partial charge in [-0.05, 0) is 54.2 Å². The van der Waals surface area contributed by atoms with Gasteiger partial charge in [-0.3, -0.25) is 0 Å². The monoisotopic (exact) mass is 337 g/mol. The minimum absolute atomic E-state index is 0.139. The van der Waals surface area contributed by atoms with E-state index in [1.807, 2.05) is 0 Å². The lowest BCUT2D eigenvalue weighted by molar-refractivity contribution is 0.272. The summed E-state index contributed by atoms with van der Waals surface area (Å²) in [5.41, 5.74) is 12.4. The van der Waals surface area contributed by atoms with Gasteiger partial charge in [-0.1, -0.05) is 83.2 Å². The van der Waals surface area contributed by atoms with Crippen molar-refractivity contribution in [3.8, 4) is 0 Å². The molecule has 0 aliphatic heterocycles. The second kappa shape index (κ2) is 7.64. The molecular weight excluding hydrogens is 302 g/mol. The van der Waals surface area contributed by atoms with Crippen LogP contribution < -0.4 is 5.73 Å². The van der Waals surface area contributed by atoms with Gasteiger partial charge in [0.25, 0.3) is 0 Å². The van der Waals surface area contributed by atoms with E-state index in [1.54, 1.807) is 5.57 Å². The first-order chi connectivity index (χ1) is 11.9. The molecule has 1 atom stereocenters. The lowest BCUT2D eigenvalue weighted by Gasteiger charge is -2.49. The molecule has 136 valence electrons. The van der Waals surface area contributed by atoms with Crippen LogP contribution in [0.3, 0.4) is 0 Å². The van der Waals surface area contributed by atoms with Crippen LogP contribution in [-0.4, -0.2) is 0 Å². The van der Waals surface area contributed by atoms with Gasteiger partial charge in [0.05, 0.1) is 0 Å². The van der Waals surface area contributed by atoms with Crippen molar-refractivity contribution in [1.29, 1.82) is 0 Å². The Kier molecular flexibility index (Phi) is 5.98. The Morgan fingerprint density at radius 3 is 2.12 bits per heavy atom. The third kappa shape index (κ3) is 3.34. The Bertz CT molecular complexity index is 671. The molecule has 25 heavy (non-hydrogen) atoms. The summed E-state index contributed by atoms with van der Waals surface area (Å²) < 4.78 is 0. The van der Waals surface area contributed by atoms with E-state index >= 15 is 0 Å². The molecule has 2 rings (SSSR count). The smallest absolute Gasteiger partial charge is 0.0314 e. The van der Waals surface area contributed by atoms with Crippen molar-refractivity contribution >= 4 is 11.3 Å². The molecule has 0 saturated heterocycles. The molecule has 0 amide bonds. The second-order valence-electron chi connectivity index (χ2n) is 7.65. The fourth-order valence-corrected chi connectivity index (χ4v) is 4.61. The SMILES string of the molecule is C=C(N)c1ccc(C2=CCC(C)(CC)/C(=C\CC)C2(CC)CC)cc1. The van der Waals surface area contributed by atoms with Gasteiger partial charge in [0.2, 0.25) is 0 Å². The maximum Gasteiger partial charge on any atom is 0.0314 e. The molecule has 2 N–H and O–H groups in total. The third-order valence-corrected chi connectivity index (χ3v) is 6.40. The van der Waals surface area contributed by atoms with Gasteiger partial charge in [-0.2, -0.15) is 0 Å². The summed E-state index contributed by atoms with van der Waals surface area (Å²) in [5, 5.41) is 0. The molecule has 0 bridgehead atoms. The molecule has 1 aliphatic rings. The van der Waals surface area contributed by atoms with Crippen LogP contribution in [0.15, 0.2) is 48.6 Å². The van der Waals surface area contributed by atoms with E-state index in [-0.39, 0.29) is 10.8 Å². The number of allylic oxidation sites excluding steroid dienone is 4. The number of rotatable bonds is 6. The van der Waals surface area contributed by atoms with Crippen LogP contribution in [-0.2, 0) is 0 Å². The fraction of sp³-hybridized carbons (Fsp3) is 0.500. The van der Waals surface area contributed by atoms with E-state index in [4.69, 9.17) is 5.73 Å². The fourth-order valence-electron chi connectivity index (χ4n) is 4.61. The topological polar surface area (TPSA) is 26.0 Å². The predicted octanol–water partition coefficient (Wildman–Crippen LogP) is 6.96. The van der Waals surface area contributed by atoms with Crippen LogP contribution in [0.2, 0.25) is 0 Å². The zero-order valence-corrected chi connectivity index (χ0v) is 16.8. The standard InChI is InChI=1S/C24H35N/c1-7-11-22-23(6,8-2)17-16-21(24(22,9-3)10-4)20-14-12-19(13-15-20)18(5)25/h11-16H,5,7-10,17,25H2,1-4,6H3/b22-11+. The van der Waals surface area contributed by atoms with Gasteiger partial charge in [-0.15, -0.1) is 0 Å². The quantitative estimate of drug-likeness (QED) is 0.558. The van der Waals surface area contributed by atoms with Crippen LogP contribution in [0.25, 0.3) is 11.3 Å². The molecule has 1 aromatic rings. The lowest BCUT2D eigenvalue weighted by Crippen LogP contribution is -2.37. The zero-order chi connectivity index (χ0) is 18.7. The van der Waals surface area contributed by atoms with E-state index in [9.17, 15) is 0 Å². The summed E-state index contributed by atoms with van der Waals surface area (Å²) >= 11 is 0. The largest absolute Gasteiger partial charge is 0.399 e. The summed E-state index contributed by atoms with van der Waals surface area (Å²) in [6, 6.07) is 8.64. The van der Waals surface area contributed by atoms with Crippen molar-refractivity contribution in [2.75, 3.05) is 0 Å². The maximum absolute atomic E-state index is 5.84. The number of nitrogens with two attached hydrogens (primary N) is 1. The van der Waals surface area contributed by atoms with Crippen LogP contribution >= 0.6 is 0 Å². The van der Waals surface area contributed by atoms with Crippen molar-refractivity contribution in [1.82, 2.24) is 0 Å². The Hall–Kier alpha value is -1.76. The molecule has 0 aromatic heterocycles. The minimum atomic E-state index is 0.139. The molecule has 1 nitrogen and oxygen atoms in total. The first-order valence-electron chi connectivity index (χ1n) is 9.85. The highest BCUT2D eigenvalue weighted by Gasteiger charge is 2.45. The highest BCUT2D eigenvalue weighted by molar-refractivity contribution is 5.76. The Balaban J connectivity index is 2.63. The molecule has 1 aliphatic carbocycles. The first kappa shape index (κ1) is 19.6. The molecule has 0 fully saturated rings. The van der Waals surface area contributed by atoms with Crippen molar-refractivity contribution in [3.05, 3.63) is 59.7 Å². The molecule has 1 unspecified atom stereocenters. The predicted molar refractivity (Wildman–Crippen MR) is 112 cm³/mol. The molecule has 0 saturated carbocycles. The number of benzene rings is 1. The Morgan fingerprint density at radius 2 is 1.68 bits per heavy atom. The van der Waals surface area contributed by atoms with E-state index < -0.39 is 0 Å². The second-order valence-corrected chi connectivity index (χ2v) is 7.65. The van der Waals surface area contributed by atoms with Crippen molar-refractivity contribution in [3.63, 3.8) is 0 Å². The molecule has 0 radical (unpaired) electrons. The normalized spacial score (nSPS) is 24.2. The summed E-state index contributed by atoms with van der Waals surface area (Å²) in [7, 11) is 0. The van der Waals surface area contributed by atoms with Crippen molar-refractivity contribution in [2.24, 2.45) is 16.6 Å². The molecule has 1 aromatic carbocycles. The van der Waals surface area contributed by atoms with Crippen molar-refractivity contribution in [2.45, 2.75) is 66.7 Å². The maximum atomic E-state index is 5.84. The number of hydrogen-bond acceptors (Lipinski definition) is 1. The van der Waals surface area contributed by atoms with Crippen LogP contribution in [0.1, 0.15) is 77.8 Å². The summed E-state index contributed by atoms with van der Waals surface area (Å²) in [6.45, 7) is 15.6. The van der Waals surface area contributed by atoms with Gasteiger partial charge in [-0.25, -0.2) is 0 Å². The van der Waals surface area contributed by atoms with E-state index in [0.717, 1.165) is 31.2 Å². The first-order valence-corrected chi connectivity index (χ1v) is 9.85. The Labute approximate surface area is 154 Å². The third-order valence-electron chi connectivity index (χ3n) is 6.40. The average molecular weight is 338 g/mol. The van der Waals surface area contributed by atoms with Crippen LogP contribution in [0.4, 0.5) is 0 Å². The van der Waals surface area contributed by atoms with Gasteiger partial charge in [0.1, 0.15) is 0 Å². The molecule has 0 heterocycles. The van der Waals surface area contributed by atoms with Gasteiger partial charge in [0.15, 0.2) is 0 Å². The molecule has 1 heteroatoms. The summed E-state index contributed by atoms with van der Waals surface area (Å²) in [5.74, 6) is 0. The van der Waals surface area contributed by atoms with Gasteiger partial charge >= 0.3 is 0 Å². The molecule has 0 spiro atoms. The minimum Gasteiger partial charge on any atom is -0.399 e. The lowest BCUT2D eigenvalue weighted by atomic mass is 9.54. The van der Waals surface area contributed by atoms with E-state index in [2.05, 4.69) is 77.6 Å². The molecular formula is C24H35N. The van der Waals surface area contributed by atoms with Crippen molar-refractivity contribution < 1.29 is 0 Å². The van der Waals surface area contributed by atoms with Gasteiger partial charge < -0.3 is 5.73 Å². The van der Waals surface area contributed by atoms with E-state index in [1.165, 1.54) is 17.6 Å². The number of hydrogen-bond donors (Lipinski definition) is 1. The zero-order valence-electron chi connectivity index (χ0n) is 16.8. The highest BCUT2D eigenvalue weighted by atomic mass is 14.6. The van der Waals surface area contributed by atoms with E-state index in [0.29, 0.717) is 5.70 Å². The Morgan fingerprint density at radius 1 is 1.08 bits per heavy atom. The summed E-state index contributed by atoms with van der Waals surface area (Å²) in [4.78, 5) is 0. The highest BCUT2D eigenvalue weighted by Crippen LogP contribution is 2.58.